The normalized spacial score (nSPS) is 12.2. The molecule has 0 atom stereocenters. The van der Waals surface area contributed by atoms with Crippen LogP contribution in [0, 0.1) is 18.8 Å². The zero-order chi connectivity index (χ0) is 20.0. The van der Waals surface area contributed by atoms with Crippen LogP contribution in [-0.4, -0.2) is 35.0 Å². The van der Waals surface area contributed by atoms with Crippen LogP contribution in [0.15, 0.2) is 41.3 Å². The van der Waals surface area contributed by atoms with Crippen LogP contribution >= 0.6 is 0 Å². The Morgan fingerprint density at radius 1 is 1.07 bits per heavy atom. The van der Waals surface area contributed by atoms with Gasteiger partial charge in [0.1, 0.15) is 18.1 Å². The van der Waals surface area contributed by atoms with Gasteiger partial charge in [0.25, 0.3) is 0 Å². The molecule has 0 unspecified atom stereocenters. The summed E-state index contributed by atoms with van der Waals surface area (Å²) in [7, 11) is -3.64. The molecule has 8 heteroatoms. The topological polar surface area (TPSA) is 83.1 Å². The molecule has 1 heterocycles. The molecule has 0 saturated heterocycles. The number of nitrogens with one attached hydrogen (secondary N) is 1. The van der Waals surface area contributed by atoms with E-state index in [4.69, 9.17) is 18.9 Å². The van der Waals surface area contributed by atoms with E-state index in [2.05, 4.69) is 16.6 Å². The van der Waals surface area contributed by atoms with Crippen LogP contribution in [0.1, 0.15) is 12.5 Å². The maximum Gasteiger partial charge on any atom is 0.241 e. The molecule has 3 rings (SSSR count). The third kappa shape index (κ3) is 4.88. The summed E-state index contributed by atoms with van der Waals surface area (Å²) in [5.41, 5.74) is 0.757. The molecule has 0 aromatic heterocycles. The molecule has 0 radical (unpaired) electrons. The zero-order valence-electron chi connectivity index (χ0n) is 15.7. The van der Waals surface area contributed by atoms with Crippen LogP contribution in [0.25, 0.3) is 0 Å². The molecule has 2 aromatic rings. The van der Waals surface area contributed by atoms with Gasteiger partial charge in [-0.15, -0.1) is 0 Å². The van der Waals surface area contributed by atoms with Crippen molar-refractivity contribution in [3.8, 4) is 34.8 Å². The SMILES string of the molecule is CCOc1ccc(S(=O)(=O)NCC#CCOc2ccc3c(c2)OCO3)cc1C. The van der Waals surface area contributed by atoms with Gasteiger partial charge in [-0.3, -0.25) is 0 Å². The van der Waals surface area contributed by atoms with Gasteiger partial charge in [0.2, 0.25) is 16.8 Å². The molecule has 0 saturated carbocycles. The maximum absolute atomic E-state index is 12.3. The predicted molar refractivity (Wildman–Crippen MR) is 103 cm³/mol. The third-order valence-electron chi connectivity index (χ3n) is 3.89. The number of aryl methyl sites for hydroxylation is 1. The summed E-state index contributed by atoms with van der Waals surface area (Å²) in [6.07, 6.45) is 0. The second-order valence-electron chi connectivity index (χ2n) is 5.84. The van der Waals surface area contributed by atoms with Gasteiger partial charge in [0.15, 0.2) is 11.5 Å². The van der Waals surface area contributed by atoms with Crippen LogP contribution in [0.2, 0.25) is 0 Å². The molecule has 7 nitrogen and oxygen atoms in total. The van der Waals surface area contributed by atoms with Crippen molar-refractivity contribution in [2.75, 3.05) is 26.6 Å². The van der Waals surface area contributed by atoms with Crippen molar-refractivity contribution >= 4 is 10.0 Å². The first-order valence-corrected chi connectivity index (χ1v) is 10.2. The molecule has 0 bridgehead atoms. The second-order valence-corrected chi connectivity index (χ2v) is 7.61. The summed E-state index contributed by atoms with van der Waals surface area (Å²) in [5.74, 6) is 8.08. The molecule has 1 aliphatic rings. The van der Waals surface area contributed by atoms with Crippen molar-refractivity contribution < 1.29 is 27.4 Å². The van der Waals surface area contributed by atoms with Crippen LogP contribution < -0.4 is 23.7 Å². The monoisotopic (exact) mass is 403 g/mol. The maximum atomic E-state index is 12.3. The van der Waals surface area contributed by atoms with Gasteiger partial charge < -0.3 is 18.9 Å². The van der Waals surface area contributed by atoms with Gasteiger partial charge >= 0.3 is 0 Å². The summed E-state index contributed by atoms with van der Waals surface area (Å²) >= 11 is 0. The molecule has 148 valence electrons. The fourth-order valence-corrected chi connectivity index (χ4v) is 3.53. The number of sulfonamides is 1. The van der Waals surface area contributed by atoms with E-state index in [1.54, 1.807) is 37.3 Å². The lowest BCUT2D eigenvalue weighted by Crippen LogP contribution is -2.24. The van der Waals surface area contributed by atoms with Crippen LogP contribution in [-0.2, 0) is 10.0 Å². The summed E-state index contributed by atoms with van der Waals surface area (Å²) in [6, 6.07) is 9.98. The van der Waals surface area contributed by atoms with E-state index in [1.807, 2.05) is 6.92 Å². The third-order valence-corrected chi connectivity index (χ3v) is 5.29. The Balaban J connectivity index is 1.50. The number of fused-ring (bicyclic) bond motifs is 1. The minimum Gasteiger partial charge on any atom is -0.494 e. The number of hydrogen-bond donors (Lipinski definition) is 1. The van der Waals surface area contributed by atoms with E-state index in [1.165, 1.54) is 6.07 Å². The van der Waals surface area contributed by atoms with Crippen LogP contribution in [0.3, 0.4) is 0 Å². The highest BCUT2D eigenvalue weighted by Gasteiger charge is 2.15. The van der Waals surface area contributed by atoms with E-state index in [0.29, 0.717) is 29.6 Å². The fraction of sp³-hybridized carbons (Fsp3) is 0.300. The van der Waals surface area contributed by atoms with Gasteiger partial charge in [-0.2, -0.15) is 4.72 Å². The molecular weight excluding hydrogens is 382 g/mol. The van der Waals surface area contributed by atoms with Crippen molar-refractivity contribution in [2.24, 2.45) is 0 Å². The van der Waals surface area contributed by atoms with Gasteiger partial charge in [0.05, 0.1) is 18.0 Å². The van der Waals surface area contributed by atoms with Gasteiger partial charge in [0, 0.05) is 6.07 Å². The summed E-state index contributed by atoms with van der Waals surface area (Å²) < 4.78 is 48.6. The Bertz CT molecular complexity index is 1010. The Kier molecular flexibility index (Phi) is 6.29. The summed E-state index contributed by atoms with van der Waals surface area (Å²) in [5, 5.41) is 0. The Hall–Kier alpha value is -2.89. The van der Waals surface area contributed by atoms with Crippen LogP contribution in [0.4, 0.5) is 0 Å². The molecule has 28 heavy (non-hydrogen) atoms. The van der Waals surface area contributed by atoms with E-state index < -0.39 is 10.0 Å². The van der Waals surface area contributed by atoms with Crippen molar-refractivity contribution in [3.63, 3.8) is 0 Å². The lowest BCUT2D eigenvalue weighted by Gasteiger charge is -2.09. The Morgan fingerprint density at radius 3 is 2.68 bits per heavy atom. The molecule has 1 N–H and O–H groups in total. The van der Waals surface area contributed by atoms with Gasteiger partial charge in [-0.1, -0.05) is 11.8 Å². The van der Waals surface area contributed by atoms with E-state index in [9.17, 15) is 8.42 Å². The highest BCUT2D eigenvalue weighted by Crippen LogP contribution is 2.34. The Labute approximate surface area is 164 Å². The average Bonchev–Trinajstić information content (AvgIpc) is 3.14. The molecule has 0 aliphatic carbocycles. The predicted octanol–water partition coefficient (Wildman–Crippen LogP) is 2.48. The molecule has 0 fully saturated rings. The lowest BCUT2D eigenvalue weighted by molar-refractivity contribution is 0.174. The molecule has 1 aliphatic heterocycles. The summed E-state index contributed by atoms with van der Waals surface area (Å²) in [6.45, 7) is 4.52. The van der Waals surface area contributed by atoms with E-state index in [-0.39, 0.29) is 24.8 Å². The molecular formula is C20H21NO6S. The first-order valence-electron chi connectivity index (χ1n) is 8.71. The summed E-state index contributed by atoms with van der Waals surface area (Å²) in [4.78, 5) is 0.173. The van der Waals surface area contributed by atoms with E-state index >= 15 is 0 Å². The number of benzene rings is 2. The smallest absolute Gasteiger partial charge is 0.241 e. The van der Waals surface area contributed by atoms with Crippen molar-refractivity contribution in [3.05, 3.63) is 42.0 Å². The van der Waals surface area contributed by atoms with Crippen molar-refractivity contribution in [1.82, 2.24) is 4.72 Å². The Morgan fingerprint density at radius 2 is 1.89 bits per heavy atom. The highest BCUT2D eigenvalue weighted by atomic mass is 32.2. The molecule has 0 amide bonds. The number of rotatable bonds is 7. The fourth-order valence-electron chi connectivity index (χ4n) is 2.52. The van der Waals surface area contributed by atoms with Crippen molar-refractivity contribution in [1.29, 1.82) is 0 Å². The largest absolute Gasteiger partial charge is 0.494 e. The average molecular weight is 403 g/mol. The van der Waals surface area contributed by atoms with E-state index in [0.717, 1.165) is 5.56 Å². The molecule has 2 aromatic carbocycles. The highest BCUT2D eigenvalue weighted by molar-refractivity contribution is 7.89. The van der Waals surface area contributed by atoms with Gasteiger partial charge in [-0.25, -0.2) is 8.42 Å². The minimum absolute atomic E-state index is 0.0148. The zero-order valence-corrected chi connectivity index (χ0v) is 16.5. The standard InChI is InChI=1S/C20H21NO6S/c1-3-24-18-9-7-17(12-15(18)2)28(22,23)21-10-4-5-11-25-16-6-8-19-20(13-16)27-14-26-19/h6-9,12-13,21H,3,10-11,14H2,1-2H3. The minimum atomic E-state index is -3.64. The first-order chi connectivity index (χ1) is 13.5. The number of ether oxygens (including phenoxy) is 4. The lowest BCUT2D eigenvalue weighted by atomic mass is 10.2. The number of hydrogen-bond acceptors (Lipinski definition) is 6. The van der Waals surface area contributed by atoms with Crippen LogP contribution in [0.5, 0.6) is 23.0 Å². The van der Waals surface area contributed by atoms with Crippen molar-refractivity contribution in [2.45, 2.75) is 18.7 Å². The first kappa shape index (κ1) is 19.9. The van der Waals surface area contributed by atoms with Gasteiger partial charge in [-0.05, 0) is 49.7 Å². The second kappa shape index (κ2) is 8.87. The molecule has 0 spiro atoms. The quantitative estimate of drug-likeness (QED) is 0.715.